The summed E-state index contributed by atoms with van der Waals surface area (Å²) in [5, 5.41) is 5.70. The minimum Gasteiger partial charge on any atom is -0.397 e. The fourth-order valence-corrected chi connectivity index (χ4v) is 3.40. The van der Waals surface area contributed by atoms with Gasteiger partial charge in [-0.15, -0.1) is 22.7 Å². The highest BCUT2D eigenvalue weighted by molar-refractivity contribution is 7.21. The second kappa shape index (κ2) is 4.99. The zero-order chi connectivity index (χ0) is 13.2. The average molecular weight is 289 g/mol. The van der Waals surface area contributed by atoms with Crippen LogP contribution in [-0.2, 0) is 6.54 Å². The molecule has 0 aromatic carbocycles. The fourth-order valence-electron chi connectivity index (χ4n) is 1.78. The molecule has 19 heavy (non-hydrogen) atoms. The van der Waals surface area contributed by atoms with Gasteiger partial charge in [-0.05, 0) is 23.6 Å². The normalized spacial score (nSPS) is 10.7. The van der Waals surface area contributed by atoms with Crippen molar-refractivity contribution in [3.8, 4) is 0 Å². The molecule has 0 aliphatic rings. The maximum Gasteiger partial charge on any atom is 0.263 e. The number of pyridine rings is 1. The van der Waals surface area contributed by atoms with E-state index < -0.39 is 0 Å². The van der Waals surface area contributed by atoms with E-state index in [4.69, 9.17) is 5.73 Å². The van der Waals surface area contributed by atoms with Gasteiger partial charge in [0, 0.05) is 16.5 Å². The number of hydrogen-bond acceptors (Lipinski definition) is 5. The van der Waals surface area contributed by atoms with Gasteiger partial charge in [-0.3, -0.25) is 4.79 Å². The topological polar surface area (TPSA) is 68.0 Å². The molecule has 3 aromatic heterocycles. The highest BCUT2D eigenvalue weighted by atomic mass is 32.1. The van der Waals surface area contributed by atoms with E-state index in [1.807, 2.05) is 29.6 Å². The number of fused-ring (bicyclic) bond motifs is 1. The van der Waals surface area contributed by atoms with Crippen LogP contribution in [-0.4, -0.2) is 10.9 Å². The minimum atomic E-state index is -0.145. The van der Waals surface area contributed by atoms with Crippen LogP contribution in [0.1, 0.15) is 14.5 Å². The summed E-state index contributed by atoms with van der Waals surface area (Å²) < 4.78 is 0. The number of carbonyl (C=O) groups is 1. The van der Waals surface area contributed by atoms with Gasteiger partial charge in [0.15, 0.2) is 0 Å². The fraction of sp³-hybridized carbons (Fsp3) is 0.0769. The van der Waals surface area contributed by atoms with Crippen molar-refractivity contribution in [2.75, 3.05) is 5.73 Å². The maximum atomic E-state index is 12.1. The van der Waals surface area contributed by atoms with Crippen molar-refractivity contribution in [1.82, 2.24) is 10.3 Å². The highest BCUT2D eigenvalue weighted by Crippen LogP contribution is 2.31. The van der Waals surface area contributed by atoms with Crippen molar-refractivity contribution in [2.45, 2.75) is 6.54 Å². The molecule has 3 aromatic rings. The number of anilines is 1. The Morgan fingerprint density at radius 3 is 3.00 bits per heavy atom. The lowest BCUT2D eigenvalue weighted by Gasteiger charge is -2.02. The standard InChI is InChI=1S/C13H11N3OS2/c14-10-9-4-1-5-15-13(9)19-11(10)12(17)16-7-8-3-2-6-18-8/h1-6H,7,14H2,(H,16,17). The molecule has 0 spiro atoms. The molecule has 1 amide bonds. The monoisotopic (exact) mass is 289 g/mol. The number of nitrogens with two attached hydrogens (primary N) is 1. The lowest BCUT2D eigenvalue weighted by molar-refractivity contribution is 0.0956. The Bertz CT molecular complexity index is 719. The number of carbonyl (C=O) groups excluding carboxylic acids is 1. The number of thiophene rings is 2. The van der Waals surface area contributed by atoms with Crippen LogP contribution < -0.4 is 11.1 Å². The van der Waals surface area contributed by atoms with E-state index in [0.717, 1.165) is 15.1 Å². The van der Waals surface area contributed by atoms with Gasteiger partial charge in [0.1, 0.15) is 9.71 Å². The number of hydrogen-bond donors (Lipinski definition) is 2. The van der Waals surface area contributed by atoms with Gasteiger partial charge >= 0.3 is 0 Å². The van der Waals surface area contributed by atoms with Gasteiger partial charge < -0.3 is 11.1 Å². The first-order valence-corrected chi connectivity index (χ1v) is 7.39. The van der Waals surface area contributed by atoms with Gasteiger partial charge in [0.2, 0.25) is 0 Å². The molecule has 0 saturated heterocycles. The van der Waals surface area contributed by atoms with Crippen LogP contribution in [0.5, 0.6) is 0 Å². The van der Waals surface area contributed by atoms with Gasteiger partial charge in [0.25, 0.3) is 5.91 Å². The molecule has 3 heterocycles. The van der Waals surface area contributed by atoms with E-state index in [1.165, 1.54) is 11.3 Å². The number of aromatic nitrogens is 1. The van der Waals surface area contributed by atoms with Crippen molar-refractivity contribution in [1.29, 1.82) is 0 Å². The summed E-state index contributed by atoms with van der Waals surface area (Å²) in [6.45, 7) is 0.525. The predicted octanol–water partition coefficient (Wildman–Crippen LogP) is 2.87. The first-order chi connectivity index (χ1) is 9.25. The zero-order valence-electron chi connectivity index (χ0n) is 9.92. The van der Waals surface area contributed by atoms with E-state index in [-0.39, 0.29) is 5.91 Å². The third-order valence-corrected chi connectivity index (χ3v) is 4.72. The highest BCUT2D eigenvalue weighted by Gasteiger charge is 2.16. The van der Waals surface area contributed by atoms with Gasteiger partial charge in [-0.2, -0.15) is 0 Å². The predicted molar refractivity (Wildman–Crippen MR) is 79.5 cm³/mol. The smallest absolute Gasteiger partial charge is 0.263 e. The second-order valence-corrected chi connectivity index (χ2v) is 5.99. The van der Waals surface area contributed by atoms with E-state index in [1.54, 1.807) is 17.5 Å². The summed E-state index contributed by atoms with van der Waals surface area (Å²) in [5.41, 5.74) is 6.51. The van der Waals surface area contributed by atoms with Crippen molar-refractivity contribution in [3.63, 3.8) is 0 Å². The number of nitrogen functional groups attached to an aromatic ring is 1. The first-order valence-electron chi connectivity index (χ1n) is 5.69. The van der Waals surface area contributed by atoms with Crippen LogP contribution in [0.4, 0.5) is 5.69 Å². The number of nitrogens with one attached hydrogen (secondary N) is 1. The molecule has 96 valence electrons. The Morgan fingerprint density at radius 1 is 1.37 bits per heavy atom. The van der Waals surface area contributed by atoms with Crippen LogP contribution >= 0.6 is 22.7 Å². The molecule has 0 radical (unpaired) electrons. The largest absolute Gasteiger partial charge is 0.397 e. The molecule has 0 fully saturated rings. The molecule has 4 nitrogen and oxygen atoms in total. The molecule has 0 aliphatic carbocycles. The van der Waals surface area contributed by atoms with Crippen LogP contribution in [0, 0.1) is 0 Å². The van der Waals surface area contributed by atoms with Crippen LogP contribution in [0.3, 0.4) is 0 Å². The molecular formula is C13H11N3OS2. The second-order valence-electron chi connectivity index (χ2n) is 3.96. The Morgan fingerprint density at radius 2 is 2.26 bits per heavy atom. The Labute approximate surface area is 117 Å². The van der Waals surface area contributed by atoms with Crippen LogP contribution in [0.15, 0.2) is 35.8 Å². The molecule has 0 atom stereocenters. The van der Waals surface area contributed by atoms with Crippen LogP contribution in [0.25, 0.3) is 10.2 Å². The van der Waals surface area contributed by atoms with E-state index in [2.05, 4.69) is 10.3 Å². The zero-order valence-corrected chi connectivity index (χ0v) is 11.6. The van der Waals surface area contributed by atoms with Gasteiger partial charge in [0.05, 0.1) is 12.2 Å². The lowest BCUT2D eigenvalue weighted by Crippen LogP contribution is -2.22. The molecule has 0 unspecified atom stereocenters. The van der Waals surface area contributed by atoms with Crippen molar-refractivity contribution >= 4 is 44.5 Å². The number of nitrogens with zero attached hydrogens (tertiary/aromatic N) is 1. The average Bonchev–Trinajstić information content (AvgIpc) is 3.05. The maximum absolute atomic E-state index is 12.1. The molecule has 0 saturated carbocycles. The summed E-state index contributed by atoms with van der Waals surface area (Å²) in [6.07, 6.45) is 1.70. The van der Waals surface area contributed by atoms with Gasteiger partial charge in [-0.1, -0.05) is 6.07 Å². The molecule has 6 heteroatoms. The van der Waals surface area contributed by atoms with Crippen molar-refractivity contribution < 1.29 is 4.79 Å². The third kappa shape index (κ3) is 2.32. The summed E-state index contributed by atoms with van der Waals surface area (Å²) in [4.78, 5) is 18.8. The molecule has 3 N–H and O–H groups in total. The van der Waals surface area contributed by atoms with Crippen LogP contribution in [0.2, 0.25) is 0 Å². The third-order valence-electron chi connectivity index (χ3n) is 2.71. The number of amides is 1. The molecule has 0 aliphatic heterocycles. The number of rotatable bonds is 3. The van der Waals surface area contributed by atoms with Crippen molar-refractivity contribution in [3.05, 3.63) is 45.6 Å². The van der Waals surface area contributed by atoms with E-state index in [0.29, 0.717) is 17.1 Å². The molecular weight excluding hydrogens is 278 g/mol. The summed E-state index contributed by atoms with van der Waals surface area (Å²) >= 11 is 2.94. The van der Waals surface area contributed by atoms with E-state index >= 15 is 0 Å². The van der Waals surface area contributed by atoms with E-state index in [9.17, 15) is 4.79 Å². The lowest BCUT2D eigenvalue weighted by atomic mass is 10.2. The SMILES string of the molecule is Nc1c(C(=O)NCc2cccs2)sc2ncccc12. The Kier molecular flexibility index (Phi) is 3.18. The summed E-state index contributed by atoms with van der Waals surface area (Å²) in [6, 6.07) is 7.65. The summed E-state index contributed by atoms with van der Waals surface area (Å²) in [5.74, 6) is -0.145. The minimum absolute atomic E-state index is 0.145. The molecule has 0 bridgehead atoms. The molecule has 3 rings (SSSR count). The quantitative estimate of drug-likeness (QED) is 0.779. The summed E-state index contributed by atoms with van der Waals surface area (Å²) in [7, 11) is 0. The first kappa shape index (κ1) is 12.1. The Balaban J connectivity index is 1.83. The Hall–Kier alpha value is -1.92. The van der Waals surface area contributed by atoms with Gasteiger partial charge in [-0.25, -0.2) is 4.98 Å². The van der Waals surface area contributed by atoms with Crippen molar-refractivity contribution in [2.24, 2.45) is 0 Å².